The van der Waals surface area contributed by atoms with Crippen LogP contribution in [-0.2, 0) is 6.61 Å². The van der Waals surface area contributed by atoms with Crippen LogP contribution in [-0.4, -0.2) is 41.5 Å². The van der Waals surface area contributed by atoms with Gasteiger partial charge in [-0.2, -0.15) is 9.78 Å². The zero-order valence-corrected chi connectivity index (χ0v) is 26.9. The van der Waals surface area contributed by atoms with Crippen molar-refractivity contribution in [2.45, 2.75) is 40.2 Å². The molecule has 10 nitrogen and oxygen atoms in total. The van der Waals surface area contributed by atoms with E-state index in [2.05, 4.69) is 13.8 Å². The predicted molar refractivity (Wildman–Crippen MR) is 183 cm³/mol. The molecule has 0 N–H and O–H groups in total. The van der Waals surface area contributed by atoms with E-state index in [0.29, 0.717) is 34.6 Å². The first kappa shape index (κ1) is 31.9. The summed E-state index contributed by atoms with van der Waals surface area (Å²) >= 11 is 0. The number of hydrogen-bond acceptors (Lipinski definition) is 8. The van der Waals surface area contributed by atoms with Gasteiger partial charge in [-0.1, -0.05) is 26.0 Å². The van der Waals surface area contributed by atoms with E-state index in [1.807, 2.05) is 81.4 Å². The van der Waals surface area contributed by atoms with E-state index in [9.17, 15) is 14.9 Å². The van der Waals surface area contributed by atoms with Crippen LogP contribution in [0.15, 0.2) is 88.8 Å². The molecule has 10 heteroatoms. The molecule has 0 fully saturated rings. The average Bonchev–Trinajstić information content (AvgIpc) is 3.03. The molecule has 0 unspecified atom stereocenters. The zero-order chi connectivity index (χ0) is 33.0. The second-order valence-corrected chi connectivity index (χ2v) is 11.4. The molecule has 0 aliphatic rings. The molecule has 0 saturated carbocycles. The minimum Gasteiger partial charge on any atom is -0.494 e. The number of benzene rings is 4. The summed E-state index contributed by atoms with van der Waals surface area (Å²) in [5, 5.41) is 16.2. The van der Waals surface area contributed by atoms with Gasteiger partial charge in [-0.05, 0) is 85.0 Å². The standard InChI is InChI=1S/C36H37N5O5/c1-7-45-34-18-24(4)31(20-30(34)23(2)3)35-38-32-11-9-8-10-29(32)36(42)40(35)37-21-26-14-17-28(39(5)6)19-33(26)46-22-25-12-15-27(16-13-25)41(43)44/h8-21,23H,7,22H2,1-6H3. The van der Waals surface area contributed by atoms with Gasteiger partial charge in [0.05, 0.1) is 28.6 Å². The molecule has 1 aromatic heterocycles. The fraction of sp³-hybridized carbons (Fsp3) is 0.250. The minimum atomic E-state index is -0.434. The number of para-hydroxylation sites is 1. The van der Waals surface area contributed by atoms with E-state index in [1.54, 1.807) is 24.4 Å². The lowest BCUT2D eigenvalue weighted by Gasteiger charge is -2.18. The summed E-state index contributed by atoms with van der Waals surface area (Å²) in [7, 11) is 3.86. The number of rotatable bonds is 11. The second-order valence-electron chi connectivity index (χ2n) is 11.4. The summed E-state index contributed by atoms with van der Waals surface area (Å²) in [6, 6.07) is 23.2. The summed E-state index contributed by atoms with van der Waals surface area (Å²) in [6.45, 7) is 8.86. The molecule has 0 spiro atoms. The number of fused-ring (bicyclic) bond motifs is 1. The summed E-state index contributed by atoms with van der Waals surface area (Å²) in [4.78, 5) is 31.5. The highest BCUT2D eigenvalue weighted by Gasteiger charge is 2.19. The number of nitro groups is 1. The van der Waals surface area contributed by atoms with Gasteiger partial charge in [-0.15, -0.1) is 0 Å². The van der Waals surface area contributed by atoms with Crippen LogP contribution in [0.1, 0.15) is 48.9 Å². The third kappa shape index (κ3) is 6.76. The number of non-ortho nitro benzene ring substituents is 1. The Bertz CT molecular complexity index is 1980. The highest BCUT2D eigenvalue weighted by molar-refractivity contribution is 5.86. The summed E-state index contributed by atoms with van der Waals surface area (Å²) < 4.78 is 13.5. The van der Waals surface area contributed by atoms with E-state index in [0.717, 1.165) is 33.7 Å². The van der Waals surface area contributed by atoms with Crippen LogP contribution in [0.5, 0.6) is 11.5 Å². The summed E-state index contributed by atoms with van der Waals surface area (Å²) in [5.41, 5.74) is 5.32. The molecule has 0 aliphatic carbocycles. The third-order valence-electron chi connectivity index (χ3n) is 7.64. The fourth-order valence-corrected chi connectivity index (χ4v) is 5.10. The Morgan fingerprint density at radius 3 is 2.41 bits per heavy atom. The van der Waals surface area contributed by atoms with Crippen LogP contribution in [0.25, 0.3) is 22.3 Å². The first-order chi connectivity index (χ1) is 22.1. The van der Waals surface area contributed by atoms with Crippen molar-refractivity contribution >= 4 is 28.5 Å². The molecular formula is C36H37N5O5. The monoisotopic (exact) mass is 619 g/mol. The quantitative estimate of drug-likeness (QED) is 0.0864. The van der Waals surface area contributed by atoms with Crippen molar-refractivity contribution in [3.63, 3.8) is 0 Å². The highest BCUT2D eigenvalue weighted by Crippen LogP contribution is 2.34. The van der Waals surface area contributed by atoms with Crippen molar-refractivity contribution in [1.82, 2.24) is 9.66 Å². The number of hydrogen-bond donors (Lipinski definition) is 0. The van der Waals surface area contributed by atoms with E-state index in [4.69, 9.17) is 19.6 Å². The number of anilines is 1. The van der Waals surface area contributed by atoms with E-state index in [-0.39, 0.29) is 23.8 Å². The first-order valence-corrected chi connectivity index (χ1v) is 15.1. The molecule has 0 radical (unpaired) electrons. The molecule has 1 heterocycles. The van der Waals surface area contributed by atoms with Crippen molar-refractivity contribution in [2.24, 2.45) is 5.10 Å². The van der Waals surface area contributed by atoms with Crippen LogP contribution >= 0.6 is 0 Å². The van der Waals surface area contributed by atoms with Gasteiger partial charge in [0.25, 0.3) is 11.2 Å². The van der Waals surface area contributed by atoms with Gasteiger partial charge in [0.1, 0.15) is 18.1 Å². The molecule has 0 bridgehead atoms. The normalized spacial score (nSPS) is 11.4. The van der Waals surface area contributed by atoms with Gasteiger partial charge in [-0.25, -0.2) is 4.98 Å². The molecule has 5 aromatic rings. The van der Waals surface area contributed by atoms with E-state index >= 15 is 0 Å². The maximum Gasteiger partial charge on any atom is 0.282 e. The zero-order valence-electron chi connectivity index (χ0n) is 26.9. The molecule has 5 rings (SSSR count). The molecule has 4 aromatic carbocycles. The minimum absolute atomic E-state index is 0.0136. The van der Waals surface area contributed by atoms with E-state index < -0.39 is 4.92 Å². The SMILES string of the molecule is CCOc1cc(C)c(-c2nc3ccccc3c(=O)n2N=Cc2ccc(N(C)C)cc2OCc2ccc([N+](=O)[O-])cc2)cc1C(C)C. The Morgan fingerprint density at radius 2 is 1.74 bits per heavy atom. The lowest BCUT2D eigenvalue weighted by Crippen LogP contribution is -2.21. The number of nitro benzene ring substituents is 1. The van der Waals surface area contributed by atoms with Crippen LogP contribution in [0.2, 0.25) is 0 Å². The second kappa shape index (κ2) is 13.6. The summed E-state index contributed by atoms with van der Waals surface area (Å²) in [6.07, 6.45) is 1.60. The van der Waals surface area contributed by atoms with Crippen molar-refractivity contribution in [3.05, 3.63) is 122 Å². The number of aryl methyl sites for hydroxylation is 1. The maximum absolute atomic E-state index is 14.0. The molecule has 236 valence electrons. The Balaban J connectivity index is 1.61. The van der Waals surface area contributed by atoms with Crippen molar-refractivity contribution < 1.29 is 14.4 Å². The lowest BCUT2D eigenvalue weighted by atomic mass is 9.96. The largest absolute Gasteiger partial charge is 0.494 e. The average molecular weight is 620 g/mol. The molecule has 0 amide bonds. The third-order valence-corrected chi connectivity index (χ3v) is 7.64. The van der Waals surface area contributed by atoms with Crippen LogP contribution in [0, 0.1) is 17.0 Å². The fourth-order valence-electron chi connectivity index (χ4n) is 5.10. The Hall–Kier alpha value is -5.51. The molecule has 0 aliphatic heterocycles. The Kier molecular flexibility index (Phi) is 9.46. The smallest absolute Gasteiger partial charge is 0.282 e. The van der Waals surface area contributed by atoms with Crippen LogP contribution in [0.3, 0.4) is 0 Å². The highest BCUT2D eigenvalue weighted by atomic mass is 16.6. The van der Waals surface area contributed by atoms with Gasteiger partial charge in [0.2, 0.25) is 0 Å². The summed E-state index contributed by atoms with van der Waals surface area (Å²) in [5.74, 6) is 1.94. The molecule has 46 heavy (non-hydrogen) atoms. The Morgan fingerprint density at radius 1 is 1.00 bits per heavy atom. The van der Waals surface area contributed by atoms with Gasteiger partial charge in [-0.3, -0.25) is 14.9 Å². The van der Waals surface area contributed by atoms with Crippen LogP contribution in [0.4, 0.5) is 11.4 Å². The van der Waals surface area contributed by atoms with Crippen molar-refractivity contribution in [2.75, 3.05) is 25.6 Å². The molecule has 0 saturated heterocycles. The lowest BCUT2D eigenvalue weighted by molar-refractivity contribution is -0.384. The van der Waals surface area contributed by atoms with Gasteiger partial charge >= 0.3 is 0 Å². The van der Waals surface area contributed by atoms with Crippen molar-refractivity contribution in [1.29, 1.82) is 0 Å². The predicted octanol–water partition coefficient (Wildman–Crippen LogP) is 7.33. The van der Waals surface area contributed by atoms with Gasteiger partial charge in [0.15, 0.2) is 5.82 Å². The van der Waals surface area contributed by atoms with Gasteiger partial charge < -0.3 is 14.4 Å². The maximum atomic E-state index is 14.0. The van der Waals surface area contributed by atoms with E-state index in [1.165, 1.54) is 16.8 Å². The van der Waals surface area contributed by atoms with Gasteiger partial charge in [0, 0.05) is 49.1 Å². The number of nitrogens with zero attached hydrogens (tertiary/aromatic N) is 5. The number of aromatic nitrogens is 2. The van der Waals surface area contributed by atoms with Crippen molar-refractivity contribution in [3.8, 4) is 22.9 Å². The number of ether oxygens (including phenoxy) is 2. The Labute approximate surface area is 267 Å². The topological polar surface area (TPSA) is 112 Å². The molecule has 0 atom stereocenters. The first-order valence-electron chi connectivity index (χ1n) is 15.1. The van der Waals surface area contributed by atoms with Crippen LogP contribution < -0.4 is 19.9 Å². The molecular weight excluding hydrogens is 582 g/mol.